The number of halogens is 1. The number of carbonyl (C=O) groups is 1. The number of hydrogen-bond donors (Lipinski definition) is 1. The van der Waals surface area contributed by atoms with E-state index in [4.69, 9.17) is 26.1 Å². The standard InChI is InChI=1S/C28H28ClN3O4S/c1-35-24-12-9-19(17-25(24)36-2)13-15-30-26(33)14-16-32-27(34)22-5-3-4-6-23(22)31-28(32)37-18-20-7-10-21(29)11-8-20/h3-12,17H,13-16,18H2,1-2H3,(H,30,33). The van der Waals surface area contributed by atoms with Crippen molar-refractivity contribution >= 4 is 40.2 Å². The number of ether oxygens (including phenoxy) is 2. The number of methoxy groups -OCH3 is 2. The van der Waals surface area contributed by atoms with E-state index in [2.05, 4.69) is 5.32 Å². The number of para-hydroxylation sites is 1. The Morgan fingerprint density at radius 1 is 1.00 bits per heavy atom. The number of rotatable bonds is 11. The fourth-order valence-electron chi connectivity index (χ4n) is 3.87. The van der Waals surface area contributed by atoms with Gasteiger partial charge in [-0.15, -0.1) is 0 Å². The third-order valence-corrected chi connectivity index (χ3v) is 7.15. The van der Waals surface area contributed by atoms with Gasteiger partial charge in [-0.2, -0.15) is 0 Å². The molecule has 0 aliphatic carbocycles. The van der Waals surface area contributed by atoms with Crippen LogP contribution in [0, 0.1) is 0 Å². The first-order valence-corrected chi connectivity index (χ1v) is 13.2. The molecule has 1 aromatic heterocycles. The molecule has 7 nitrogen and oxygen atoms in total. The summed E-state index contributed by atoms with van der Waals surface area (Å²) in [4.78, 5) is 30.6. The van der Waals surface area contributed by atoms with Crippen molar-refractivity contribution in [3.05, 3.63) is 93.2 Å². The first-order chi connectivity index (χ1) is 18.0. The molecule has 9 heteroatoms. The maximum atomic E-state index is 13.3. The quantitative estimate of drug-likeness (QED) is 0.211. The largest absolute Gasteiger partial charge is 0.493 e. The molecule has 0 fully saturated rings. The van der Waals surface area contributed by atoms with E-state index in [1.807, 2.05) is 60.7 Å². The predicted molar refractivity (Wildman–Crippen MR) is 148 cm³/mol. The topological polar surface area (TPSA) is 82.5 Å². The molecule has 4 aromatic rings. The van der Waals surface area contributed by atoms with E-state index in [1.165, 1.54) is 11.8 Å². The molecular weight excluding hydrogens is 510 g/mol. The first-order valence-electron chi connectivity index (χ1n) is 11.8. The van der Waals surface area contributed by atoms with Crippen molar-refractivity contribution < 1.29 is 14.3 Å². The number of fused-ring (bicyclic) bond motifs is 1. The molecule has 0 aliphatic rings. The lowest BCUT2D eigenvalue weighted by Gasteiger charge is -2.13. The van der Waals surface area contributed by atoms with Gasteiger partial charge in [-0.25, -0.2) is 4.98 Å². The molecule has 0 atom stereocenters. The van der Waals surface area contributed by atoms with E-state index in [0.717, 1.165) is 11.1 Å². The highest BCUT2D eigenvalue weighted by Crippen LogP contribution is 2.27. The normalized spacial score (nSPS) is 10.9. The zero-order valence-electron chi connectivity index (χ0n) is 20.7. The Morgan fingerprint density at radius 3 is 2.49 bits per heavy atom. The van der Waals surface area contributed by atoms with Gasteiger partial charge in [0.25, 0.3) is 5.56 Å². The van der Waals surface area contributed by atoms with Crippen LogP contribution in [-0.2, 0) is 23.5 Å². The second-order valence-corrected chi connectivity index (χ2v) is 9.70. The molecule has 0 radical (unpaired) electrons. The highest BCUT2D eigenvalue weighted by molar-refractivity contribution is 7.98. The molecule has 37 heavy (non-hydrogen) atoms. The van der Waals surface area contributed by atoms with Gasteiger partial charge in [-0.1, -0.05) is 53.7 Å². The van der Waals surface area contributed by atoms with Crippen LogP contribution in [-0.4, -0.2) is 36.2 Å². The summed E-state index contributed by atoms with van der Waals surface area (Å²) in [6.45, 7) is 0.708. The maximum Gasteiger partial charge on any atom is 0.262 e. The summed E-state index contributed by atoms with van der Waals surface area (Å²) < 4.78 is 12.2. The summed E-state index contributed by atoms with van der Waals surface area (Å²) >= 11 is 7.46. The summed E-state index contributed by atoms with van der Waals surface area (Å²) in [7, 11) is 3.19. The lowest BCUT2D eigenvalue weighted by atomic mass is 10.1. The Morgan fingerprint density at radius 2 is 1.73 bits per heavy atom. The smallest absolute Gasteiger partial charge is 0.262 e. The zero-order valence-corrected chi connectivity index (χ0v) is 22.3. The molecule has 3 aromatic carbocycles. The van der Waals surface area contributed by atoms with Crippen LogP contribution in [0.5, 0.6) is 11.5 Å². The van der Waals surface area contributed by atoms with Crippen LogP contribution >= 0.6 is 23.4 Å². The number of hydrogen-bond acceptors (Lipinski definition) is 6. The van der Waals surface area contributed by atoms with Gasteiger partial charge in [0, 0.05) is 30.3 Å². The van der Waals surface area contributed by atoms with E-state index in [1.54, 1.807) is 24.9 Å². The van der Waals surface area contributed by atoms with E-state index >= 15 is 0 Å². The van der Waals surface area contributed by atoms with Gasteiger partial charge in [-0.3, -0.25) is 14.2 Å². The van der Waals surface area contributed by atoms with Crippen LogP contribution in [0.2, 0.25) is 5.02 Å². The van der Waals surface area contributed by atoms with Gasteiger partial charge in [0.15, 0.2) is 16.7 Å². The Kier molecular flexibility index (Phi) is 9.09. The van der Waals surface area contributed by atoms with E-state index in [-0.39, 0.29) is 24.4 Å². The molecular formula is C28H28ClN3O4S. The second kappa shape index (κ2) is 12.7. The van der Waals surface area contributed by atoms with Gasteiger partial charge in [0.1, 0.15) is 0 Å². The molecule has 1 heterocycles. The number of amides is 1. The number of benzene rings is 3. The minimum atomic E-state index is -0.151. The van der Waals surface area contributed by atoms with Gasteiger partial charge >= 0.3 is 0 Å². The van der Waals surface area contributed by atoms with Crippen LogP contribution in [0.1, 0.15) is 17.5 Å². The summed E-state index contributed by atoms with van der Waals surface area (Å²) in [6.07, 6.45) is 0.812. The number of carbonyl (C=O) groups excluding carboxylic acids is 1. The van der Waals surface area contributed by atoms with E-state index in [9.17, 15) is 9.59 Å². The molecule has 1 N–H and O–H groups in total. The van der Waals surface area contributed by atoms with Gasteiger partial charge in [0.05, 0.1) is 25.1 Å². The summed E-state index contributed by atoms with van der Waals surface area (Å²) in [5.74, 6) is 1.81. The van der Waals surface area contributed by atoms with Gasteiger partial charge in [0.2, 0.25) is 5.91 Å². The molecule has 4 rings (SSSR count). The molecule has 0 bridgehead atoms. The lowest BCUT2D eigenvalue weighted by molar-refractivity contribution is -0.121. The van der Waals surface area contributed by atoms with Crippen molar-refractivity contribution in [2.45, 2.75) is 30.3 Å². The van der Waals surface area contributed by atoms with Gasteiger partial charge in [-0.05, 0) is 53.9 Å². The zero-order chi connectivity index (χ0) is 26.2. The Hall–Kier alpha value is -3.49. The molecule has 0 saturated carbocycles. The maximum absolute atomic E-state index is 13.3. The van der Waals surface area contributed by atoms with Crippen molar-refractivity contribution in [1.82, 2.24) is 14.9 Å². The summed E-state index contributed by atoms with van der Waals surface area (Å²) in [6, 6.07) is 20.5. The van der Waals surface area contributed by atoms with Crippen molar-refractivity contribution in [2.24, 2.45) is 0 Å². The molecule has 1 amide bonds. The molecule has 0 saturated heterocycles. The SMILES string of the molecule is COc1ccc(CCNC(=O)CCn2c(SCc3ccc(Cl)cc3)nc3ccccc3c2=O)cc1OC. The number of thioether (sulfide) groups is 1. The van der Waals surface area contributed by atoms with Crippen LogP contribution in [0.3, 0.4) is 0 Å². The highest BCUT2D eigenvalue weighted by atomic mass is 35.5. The van der Waals surface area contributed by atoms with E-state index < -0.39 is 0 Å². The molecule has 0 unspecified atom stereocenters. The fourth-order valence-corrected chi connectivity index (χ4v) is 4.97. The average molecular weight is 538 g/mol. The Bertz CT molecular complexity index is 1440. The molecule has 0 aliphatic heterocycles. The Labute approximate surface area is 224 Å². The van der Waals surface area contributed by atoms with Crippen molar-refractivity contribution in [1.29, 1.82) is 0 Å². The highest BCUT2D eigenvalue weighted by Gasteiger charge is 2.13. The van der Waals surface area contributed by atoms with Crippen molar-refractivity contribution in [2.75, 3.05) is 20.8 Å². The van der Waals surface area contributed by atoms with Gasteiger partial charge < -0.3 is 14.8 Å². The minimum Gasteiger partial charge on any atom is -0.493 e. The minimum absolute atomic E-state index is 0.130. The first kappa shape index (κ1) is 26.6. The van der Waals surface area contributed by atoms with Crippen molar-refractivity contribution in [3.8, 4) is 11.5 Å². The van der Waals surface area contributed by atoms with Crippen LogP contribution in [0.15, 0.2) is 76.7 Å². The number of aromatic nitrogens is 2. The predicted octanol–water partition coefficient (Wildman–Crippen LogP) is 5.11. The van der Waals surface area contributed by atoms with E-state index in [0.29, 0.717) is 51.3 Å². The lowest BCUT2D eigenvalue weighted by Crippen LogP contribution is -2.30. The second-order valence-electron chi connectivity index (χ2n) is 8.32. The third kappa shape index (κ3) is 6.84. The molecule has 192 valence electrons. The van der Waals surface area contributed by atoms with Crippen LogP contribution in [0.4, 0.5) is 0 Å². The summed E-state index contributed by atoms with van der Waals surface area (Å²) in [5, 5.41) is 4.73. The Balaban J connectivity index is 1.41. The average Bonchev–Trinajstić information content (AvgIpc) is 2.92. The fraction of sp³-hybridized carbons (Fsp3) is 0.250. The summed E-state index contributed by atoms with van der Waals surface area (Å²) in [5.41, 5.74) is 2.58. The van der Waals surface area contributed by atoms with Crippen LogP contribution in [0.25, 0.3) is 10.9 Å². The third-order valence-electron chi connectivity index (χ3n) is 5.85. The molecule has 0 spiro atoms. The number of nitrogens with one attached hydrogen (secondary N) is 1. The monoisotopic (exact) mass is 537 g/mol. The number of nitrogens with zero attached hydrogens (tertiary/aromatic N) is 2. The van der Waals surface area contributed by atoms with Crippen molar-refractivity contribution in [3.63, 3.8) is 0 Å². The van der Waals surface area contributed by atoms with Crippen LogP contribution < -0.4 is 20.3 Å².